The van der Waals surface area contributed by atoms with Gasteiger partial charge in [-0.3, -0.25) is 0 Å². The van der Waals surface area contributed by atoms with Crippen LogP contribution in [-0.2, 0) is 5.60 Å². The second-order valence-electron chi connectivity index (χ2n) is 5.81. The van der Waals surface area contributed by atoms with Gasteiger partial charge in [0, 0.05) is 0 Å². The zero-order valence-corrected chi connectivity index (χ0v) is 11.2. The van der Waals surface area contributed by atoms with Crippen LogP contribution in [0.2, 0.25) is 0 Å². The molecule has 94 valence electrons. The molecule has 0 heterocycles. The largest absolute Gasteiger partial charge is 0.385 e. The molecule has 1 heteroatoms. The standard InChI is InChI=1S/C16H24O/c1-12(2)14-9-4-5-10-15(14)16(17)11-7-6-8-13(16)3/h4-5,9-10,12-13,17H,6-8,11H2,1-3H3. The van der Waals surface area contributed by atoms with Crippen LogP contribution in [0, 0.1) is 5.92 Å². The number of benzene rings is 1. The molecule has 1 aliphatic rings. The quantitative estimate of drug-likeness (QED) is 0.810. The minimum atomic E-state index is -0.598. The molecule has 0 aromatic heterocycles. The minimum absolute atomic E-state index is 0.371. The molecule has 1 aromatic rings. The molecule has 1 aliphatic carbocycles. The van der Waals surface area contributed by atoms with E-state index in [4.69, 9.17) is 0 Å². The minimum Gasteiger partial charge on any atom is -0.385 e. The van der Waals surface area contributed by atoms with Gasteiger partial charge in [0.25, 0.3) is 0 Å². The van der Waals surface area contributed by atoms with Crippen molar-refractivity contribution in [2.24, 2.45) is 5.92 Å². The van der Waals surface area contributed by atoms with E-state index in [9.17, 15) is 5.11 Å². The van der Waals surface area contributed by atoms with Gasteiger partial charge in [-0.05, 0) is 35.8 Å². The highest BCUT2D eigenvalue weighted by atomic mass is 16.3. The Balaban J connectivity index is 2.44. The first-order valence-electron chi connectivity index (χ1n) is 6.87. The van der Waals surface area contributed by atoms with Crippen molar-refractivity contribution < 1.29 is 5.11 Å². The van der Waals surface area contributed by atoms with Gasteiger partial charge in [-0.2, -0.15) is 0 Å². The molecule has 1 saturated carbocycles. The maximum atomic E-state index is 11.0. The summed E-state index contributed by atoms with van der Waals surface area (Å²) in [4.78, 5) is 0. The number of hydrogen-bond acceptors (Lipinski definition) is 1. The van der Waals surface area contributed by atoms with E-state index >= 15 is 0 Å². The number of aliphatic hydroxyl groups is 1. The van der Waals surface area contributed by atoms with Gasteiger partial charge in [0.1, 0.15) is 0 Å². The number of rotatable bonds is 2. The predicted octanol–water partition coefficient (Wildman–Crippen LogP) is 4.21. The zero-order chi connectivity index (χ0) is 12.5. The van der Waals surface area contributed by atoms with Gasteiger partial charge in [-0.1, -0.05) is 57.9 Å². The van der Waals surface area contributed by atoms with Crippen molar-refractivity contribution in [1.29, 1.82) is 0 Å². The van der Waals surface area contributed by atoms with E-state index in [1.165, 1.54) is 17.5 Å². The Kier molecular flexibility index (Phi) is 3.58. The van der Waals surface area contributed by atoms with E-state index in [2.05, 4.69) is 45.0 Å². The maximum absolute atomic E-state index is 11.0. The van der Waals surface area contributed by atoms with Crippen LogP contribution in [0.15, 0.2) is 24.3 Å². The lowest BCUT2D eigenvalue weighted by Crippen LogP contribution is -2.37. The Bertz CT molecular complexity index is 383. The van der Waals surface area contributed by atoms with E-state index in [1.54, 1.807) is 0 Å². The summed E-state index contributed by atoms with van der Waals surface area (Å²) < 4.78 is 0. The number of hydrogen-bond donors (Lipinski definition) is 1. The van der Waals surface area contributed by atoms with Gasteiger partial charge in [0.05, 0.1) is 5.60 Å². The first kappa shape index (κ1) is 12.6. The molecule has 0 amide bonds. The molecular weight excluding hydrogens is 208 g/mol. The molecule has 0 aliphatic heterocycles. The van der Waals surface area contributed by atoms with Gasteiger partial charge in [0.15, 0.2) is 0 Å². The smallest absolute Gasteiger partial charge is 0.0924 e. The lowest BCUT2D eigenvalue weighted by molar-refractivity contribution is -0.0478. The van der Waals surface area contributed by atoms with Crippen LogP contribution in [0.25, 0.3) is 0 Å². The highest BCUT2D eigenvalue weighted by Gasteiger charge is 2.39. The summed E-state index contributed by atoms with van der Waals surface area (Å²) in [5, 5.41) is 11.0. The van der Waals surface area contributed by atoms with E-state index in [1.807, 2.05) is 0 Å². The average molecular weight is 232 g/mol. The molecule has 0 radical (unpaired) electrons. The second kappa shape index (κ2) is 4.81. The molecular formula is C16H24O. The third-order valence-corrected chi connectivity index (χ3v) is 4.31. The Hall–Kier alpha value is -0.820. The summed E-state index contributed by atoms with van der Waals surface area (Å²) in [6, 6.07) is 8.42. The van der Waals surface area contributed by atoms with Gasteiger partial charge < -0.3 is 5.11 Å². The van der Waals surface area contributed by atoms with Crippen LogP contribution in [0.4, 0.5) is 0 Å². The molecule has 0 saturated heterocycles. The lowest BCUT2D eigenvalue weighted by atomic mass is 9.70. The summed E-state index contributed by atoms with van der Waals surface area (Å²) in [6.07, 6.45) is 4.46. The summed E-state index contributed by atoms with van der Waals surface area (Å²) in [7, 11) is 0. The van der Waals surface area contributed by atoms with Crippen LogP contribution >= 0.6 is 0 Å². The second-order valence-corrected chi connectivity index (χ2v) is 5.81. The molecule has 1 fully saturated rings. The van der Waals surface area contributed by atoms with Crippen molar-refractivity contribution in [3.8, 4) is 0 Å². The van der Waals surface area contributed by atoms with Crippen molar-refractivity contribution in [2.45, 2.75) is 58.0 Å². The fourth-order valence-electron chi connectivity index (χ4n) is 3.13. The Morgan fingerprint density at radius 2 is 1.94 bits per heavy atom. The Morgan fingerprint density at radius 3 is 2.59 bits per heavy atom. The highest BCUT2D eigenvalue weighted by molar-refractivity contribution is 5.35. The molecule has 17 heavy (non-hydrogen) atoms. The molecule has 2 unspecified atom stereocenters. The summed E-state index contributed by atoms with van der Waals surface area (Å²) in [6.45, 7) is 6.60. The van der Waals surface area contributed by atoms with Gasteiger partial charge in [0.2, 0.25) is 0 Å². The lowest BCUT2D eigenvalue weighted by Gasteiger charge is -2.40. The van der Waals surface area contributed by atoms with E-state index < -0.39 is 5.60 Å². The van der Waals surface area contributed by atoms with Crippen LogP contribution in [0.1, 0.15) is 63.5 Å². The molecule has 1 N–H and O–H groups in total. The van der Waals surface area contributed by atoms with E-state index in [-0.39, 0.29) is 0 Å². The summed E-state index contributed by atoms with van der Waals surface area (Å²) in [5.74, 6) is 0.848. The van der Waals surface area contributed by atoms with Gasteiger partial charge >= 0.3 is 0 Å². The van der Waals surface area contributed by atoms with Crippen molar-refractivity contribution >= 4 is 0 Å². The summed E-state index contributed by atoms with van der Waals surface area (Å²) >= 11 is 0. The summed E-state index contributed by atoms with van der Waals surface area (Å²) in [5.41, 5.74) is 1.88. The van der Waals surface area contributed by atoms with Crippen molar-refractivity contribution in [3.05, 3.63) is 35.4 Å². The van der Waals surface area contributed by atoms with Crippen LogP contribution in [-0.4, -0.2) is 5.11 Å². The van der Waals surface area contributed by atoms with Crippen LogP contribution in [0.3, 0.4) is 0 Å². The zero-order valence-electron chi connectivity index (χ0n) is 11.2. The first-order chi connectivity index (χ1) is 8.05. The van der Waals surface area contributed by atoms with Crippen molar-refractivity contribution in [1.82, 2.24) is 0 Å². The SMILES string of the molecule is CC(C)c1ccccc1C1(O)CCCCC1C. The van der Waals surface area contributed by atoms with Crippen molar-refractivity contribution in [2.75, 3.05) is 0 Å². The molecule has 0 spiro atoms. The first-order valence-corrected chi connectivity index (χ1v) is 6.87. The topological polar surface area (TPSA) is 20.2 Å². The normalized spacial score (nSPS) is 29.6. The molecule has 2 rings (SSSR count). The van der Waals surface area contributed by atoms with Crippen LogP contribution in [0.5, 0.6) is 0 Å². The maximum Gasteiger partial charge on any atom is 0.0924 e. The Labute approximate surface area is 105 Å². The average Bonchev–Trinajstić information content (AvgIpc) is 2.33. The Morgan fingerprint density at radius 1 is 1.24 bits per heavy atom. The fourth-order valence-corrected chi connectivity index (χ4v) is 3.13. The third-order valence-electron chi connectivity index (χ3n) is 4.31. The monoisotopic (exact) mass is 232 g/mol. The molecule has 1 aromatic carbocycles. The molecule has 2 atom stereocenters. The third kappa shape index (κ3) is 2.26. The fraction of sp³-hybridized carbons (Fsp3) is 0.625. The van der Waals surface area contributed by atoms with Gasteiger partial charge in [-0.15, -0.1) is 0 Å². The van der Waals surface area contributed by atoms with Gasteiger partial charge in [-0.25, -0.2) is 0 Å². The van der Waals surface area contributed by atoms with Crippen LogP contribution < -0.4 is 0 Å². The molecule has 1 nitrogen and oxygen atoms in total. The van der Waals surface area contributed by atoms with E-state index in [0.29, 0.717) is 11.8 Å². The highest BCUT2D eigenvalue weighted by Crippen LogP contribution is 2.43. The van der Waals surface area contributed by atoms with E-state index in [0.717, 1.165) is 19.3 Å². The van der Waals surface area contributed by atoms with Crippen molar-refractivity contribution in [3.63, 3.8) is 0 Å². The predicted molar refractivity (Wildman–Crippen MR) is 72.1 cm³/mol. The molecule has 0 bridgehead atoms.